The second kappa shape index (κ2) is 7.52. The number of thioether (sulfide) groups is 1. The summed E-state index contributed by atoms with van der Waals surface area (Å²) in [6.07, 6.45) is 3.30. The summed E-state index contributed by atoms with van der Waals surface area (Å²) in [5, 5.41) is 11.6. The molecule has 26 heavy (non-hydrogen) atoms. The van der Waals surface area contributed by atoms with Crippen molar-refractivity contribution in [3.05, 3.63) is 47.2 Å². The number of benzene rings is 1. The van der Waals surface area contributed by atoms with Crippen LogP contribution in [0.2, 0.25) is 0 Å². The summed E-state index contributed by atoms with van der Waals surface area (Å²) in [5.74, 6) is 0.362. The van der Waals surface area contributed by atoms with Gasteiger partial charge >= 0.3 is 0 Å². The second-order valence-corrected chi connectivity index (χ2v) is 7.95. The van der Waals surface area contributed by atoms with Gasteiger partial charge in [0.25, 0.3) is 5.22 Å². The molecule has 1 N–H and O–H groups in total. The predicted molar refractivity (Wildman–Crippen MR) is 104 cm³/mol. The fourth-order valence-electron chi connectivity index (χ4n) is 2.11. The Hall–Kier alpha value is -2.30. The number of pyridine rings is 1. The van der Waals surface area contributed by atoms with Gasteiger partial charge in [-0.25, -0.2) is 4.98 Å². The number of fused-ring (bicyclic) bond motifs is 1. The number of halogens is 1. The number of rotatable bonds is 5. The van der Waals surface area contributed by atoms with E-state index >= 15 is 0 Å². The van der Waals surface area contributed by atoms with E-state index in [1.165, 1.54) is 23.1 Å². The van der Waals surface area contributed by atoms with E-state index in [1.807, 2.05) is 18.2 Å². The Morgan fingerprint density at radius 1 is 1.23 bits per heavy atom. The Morgan fingerprint density at radius 2 is 2.08 bits per heavy atom. The number of thiazole rings is 1. The molecular formula is C16H10BrN5O2S2. The molecule has 0 radical (unpaired) electrons. The van der Waals surface area contributed by atoms with E-state index in [9.17, 15) is 4.79 Å². The van der Waals surface area contributed by atoms with Gasteiger partial charge in [0.1, 0.15) is 0 Å². The van der Waals surface area contributed by atoms with Crippen molar-refractivity contribution in [2.75, 3.05) is 11.1 Å². The third-order valence-electron chi connectivity index (χ3n) is 3.26. The molecular weight excluding hydrogens is 438 g/mol. The first-order valence-electron chi connectivity index (χ1n) is 7.40. The van der Waals surface area contributed by atoms with E-state index in [-0.39, 0.29) is 11.7 Å². The lowest BCUT2D eigenvalue weighted by Crippen LogP contribution is -2.13. The van der Waals surface area contributed by atoms with Gasteiger partial charge in [0.05, 0.1) is 16.0 Å². The Balaban J connectivity index is 1.37. The number of anilines is 1. The Kier molecular flexibility index (Phi) is 4.96. The molecule has 3 aromatic heterocycles. The van der Waals surface area contributed by atoms with Crippen molar-refractivity contribution < 1.29 is 9.21 Å². The van der Waals surface area contributed by atoms with E-state index in [1.54, 1.807) is 24.5 Å². The van der Waals surface area contributed by atoms with Gasteiger partial charge < -0.3 is 9.73 Å². The minimum Gasteiger partial charge on any atom is -0.411 e. The Bertz CT molecular complexity index is 1070. The van der Waals surface area contributed by atoms with Gasteiger partial charge in [0, 0.05) is 22.4 Å². The third kappa shape index (κ3) is 3.92. The van der Waals surface area contributed by atoms with Crippen molar-refractivity contribution >= 4 is 60.3 Å². The summed E-state index contributed by atoms with van der Waals surface area (Å²) in [6, 6.07) is 9.34. The van der Waals surface area contributed by atoms with Gasteiger partial charge in [-0.15, -0.1) is 10.2 Å². The van der Waals surface area contributed by atoms with Crippen LogP contribution >= 0.6 is 39.0 Å². The summed E-state index contributed by atoms with van der Waals surface area (Å²) in [7, 11) is 0. The number of carbonyl (C=O) groups is 1. The number of hydrogen-bond acceptors (Lipinski definition) is 8. The molecule has 4 aromatic rings. The quantitative estimate of drug-likeness (QED) is 0.457. The van der Waals surface area contributed by atoms with Crippen LogP contribution in [0, 0.1) is 0 Å². The van der Waals surface area contributed by atoms with Crippen molar-refractivity contribution in [3.63, 3.8) is 0 Å². The van der Waals surface area contributed by atoms with Crippen LogP contribution < -0.4 is 5.32 Å². The first-order chi connectivity index (χ1) is 12.7. The first kappa shape index (κ1) is 17.1. The third-order valence-corrected chi connectivity index (χ3v) is 5.50. The molecule has 0 saturated carbocycles. The van der Waals surface area contributed by atoms with Gasteiger partial charge in [-0.3, -0.25) is 9.78 Å². The number of nitrogens with one attached hydrogen (secondary N) is 1. The molecule has 0 atom stereocenters. The highest BCUT2D eigenvalue weighted by molar-refractivity contribution is 9.10. The van der Waals surface area contributed by atoms with Crippen LogP contribution in [-0.2, 0) is 4.79 Å². The number of hydrogen-bond donors (Lipinski definition) is 1. The minimum absolute atomic E-state index is 0.150. The summed E-state index contributed by atoms with van der Waals surface area (Å²) in [6.45, 7) is 0. The fraction of sp³-hybridized carbons (Fsp3) is 0.0625. The van der Waals surface area contributed by atoms with Gasteiger partial charge in [0.15, 0.2) is 5.13 Å². The monoisotopic (exact) mass is 447 g/mol. The van der Waals surface area contributed by atoms with Gasteiger partial charge in [-0.1, -0.05) is 39.0 Å². The molecule has 1 aromatic carbocycles. The summed E-state index contributed by atoms with van der Waals surface area (Å²) < 4.78 is 7.52. The van der Waals surface area contributed by atoms with Gasteiger partial charge in [0.2, 0.25) is 11.8 Å². The van der Waals surface area contributed by atoms with Crippen molar-refractivity contribution in [1.82, 2.24) is 20.2 Å². The second-order valence-electron chi connectivity index (χ2n) is 5.08. The van der Waals surface area contributed by atoms with Crippen LogP contribution in [-0.4, -0.2) is 31.8 Å². The lowest BCUT2D eigenvalue weighted by Gasteiger charge is -1.98. The van der Waals surface area contributed by atoms with Crippen LogP contribution in [0.4, 0.5) is 5.13 Å². The predicted octanol–water partition coefficient (Wildman–Crippen LogP) is 4.23. The highest BCUT2D eigenvalue weighted by atomic mass is 79.9. The molecule has 10 heteroatoms. The van der Waals surface area contributed by atoms with Crippen LogP contribution in [0.5, 0.6) is 0 Å². The minimum atomic E-state index is -0.184. The van der Waals surface area contributed by atoms with E-state index in [0.717, 1.165) is 20.3 Å². The van der Waals surface area contributed by atoms with E-state index < -0.39 is 0 Å². The molecule has 0 aliphatic carbocycles. The van der Waals surface area contributed by atoms with Crippen molar-refractivity contribution in [2.24, 2.45) is 0 Å². The zero-order valence-electron chi connectivity index (χ0n) is 13.0. The lowest BCUT2D eigenvalue weighted by molar-refractivity contribution is -0.113. The highest BCUT2D eigenvalue weighted by Gasteiger charge is 2.13. The van der Waals surface area contributed by atoms with Crippen molar-refractivity contribution in [1.29, 1.82) is 0 Å². The lowest BCUT2D eigenvalue weighted by atomic mass is 10.3. The molecule has 7 nitrogen and oxygen atoms in total. The molecule has 130 valence electrons. The molecule has 0 spiro atoms. The molecule has 0 aliphatic rings. The molecule has 1 amide bonds. The van der Waals surface area contributed by atoms with Gasteiger partial charge in [-0.05, 0) is 30.3 Å². The molecule has 0 aliphatic heterocycles. The van der Waals surface area contributed by atoms with Crippen LogP contribution in [0.3, 0.4) is 0 Å². The van der Waals surface area contributed by atoms with E-state index in [4.69, 9.17) is 4.42 Å². The normalized spacial score (nSPS) is 11.0. The smallest absolute Gasteiger partial charge is 0.277 e. The Labute approximate surface area is 164 Å². The highest BCUT2D eigenvalue weighted by Crippen LogP contribution is 2.29. The SMILES string of the molecule is O=C(CSc1nnc(-c2ccncc2)o1)Nc1nc2ccc(Br)cc2s1. The number of nitrogens with zero attached hydrogens (tertiary/aromatic N) is 4. The molecule has 0 unspecified atom stereocenters. The molecule has 0 bridgehead atoms. The summed E-state index contributed by atoms with van der Waals surface area (Å²) >= 11 is 6.02. The number of amides is 1. The van der Waals surface area contributed by atoms with Crippen LogP contribution in [0.1, 0.15) is 0 Å². The molecule has 4 rings (SSSR count). The van der Waals surface area contributed by atoms with Gasteiger partial charge in [-0.2, -0.15) is 0 Å². The summed E-state index contributed by atoms with van der Waals surface area (Å²) in [4.78, 5) is 20.5. The topological polar surface area (TPSA) is 93.8 Å². The van der Waals surface area contributed by atoms with E-state index in [2.05, 4.69) is 41.4 Å². The largest absolute Gasteiger partial charge is 0.411 e. The maximum atomic E-state index is 12.1. The number of aromatic nitrogens is 4. The van der Waals surface area contributed by atoms with E-state index in [0.29, 0.717) is 16.2 Å². The average molecular weight is 448 g/mol. The zero-order chi connectivity index (χ0) is 17.9. The summed E-state index contributed by atoms with van der Waals surface area (Å²) in [5.41, 5.74) is 1.63. The van der Waals surface area contributed by atoms with Crippen molar-refractivity contribution in [3.8, 4) is 11.5 Å². The number of carbonyl (C=O) groups excluding carboxylic acids is 1. The molecule has 3 heterocycles. The maximum absolute atomic E-state index is 12.1. The zero-order valence-corrected chi connectivity index (χ0v) is 16.3. The average Bonchev–Trinajstić information content (AvgIpc) is 3.27. The maximum Gasteiger partial charge on any atom is 0.277 e. The Morgan fingerprint density at radius 3 is 2.92 bits per heavy atom. The molecule has 0 fully saturated rings. The van der Waals surface area contributed by atoms with Crippen molar-refractivity contribution in [2.45, 2.75) is 5.22 Å². The first-order valence-corrected chi connectivity index (χ1v) is 9.99. The van der Waals surface area contributed by atoms with Crippen LogP contribution in [0.25, 0.3) is 21.7 Å². The fourth-order valence-corrected chi connectivity index (χ4v) is 4.11. The molecule has 0 saturated heterocycles. The standard InChI is InChI=1S/C16H10BrN5O2S2/c17-10-1-2-11-12(7-10)26-15(19-11)20-13(23)8-25-16-22-21-14(24-16)9-3-5-18-6-4-9/h1-7H,8H2,(H,19,20,23). The van der Waals surface area contributed by atoms with Crippen LogP contribution in [0.15, 0.2) is 56.8 Å².